The van der Waals surface area contributed by atoms with Crippen LogP contribution >= 0.6 is 27.3 Å². The number of carbonyl (C=O) groups is 2. The first-order valence-electron chi connectivity index (χ1n) is 9.57. The zero-order chi connectivity index (χ0) is 19.8. The summed E-state index contributed by atoms with van der Waals surface area (Å²) in [6.45, 7) is 8.31. The molecule has 4 rings (SSSR count). The van der Waals surface area contributed by atoms with Gasteiger partial charge in [0.25, 0.3) is 5.91 Å². The molecule has 2 aromatic rings. The predicted molar refractivity (Wildman–Crippen MR) is 116 cm³/mol. The second kappa shape index (κ2) is 8.06. The van der Waals surface area contributed by atoms with Crippen molar-refractivity contribution in [1.82, 2.24) is 9.80 Å². The molecule has 0 N–H and O–H groups in total. The summed E-state index contributed by atoms with van der Waals surface area (Å²) >= 11 is 5.28. The Balaban J connectivity index is 1.42. The third-order valence-electron chi connectivity index (χ3n) is 5.64. The molecule has 0 spiro atoms. The van der Waals surface area contributed by atoms with Crippen molar-refractivity contribution in [2.24, 2.45) is 0 Å². The molecule has 28 heavy (non-hydrogen) atoms. The van der Waals surface area contributed by atoms with Crippen LogP contribution in [0.15, 0.2) is 34.1 Å². The van der Waals surface area contributed by atoms with Crippen molar-refractivity contribution in [1.29, 1.82) is 0 Å². The standard InChI is InChI=1S/C21H24BrN3O2S/c1-14-4-3-5-15(2)20(14)25-19(26)12-17(21(25)27)24-10-8-23(9-11-24)13-16-6-7-18(22)28-16/h3-7,17H,8-13H2,1-2H3/t17-/m1/s1. The first kappa shape index (κ1) is 19.8. The van der Waals surface area contributed by atoms with Gasteiger partial charge < -0.3 is 0 Å². The smallest absolute Gasteiger partial charge is 0.251 e. The zero-order valence-corrected chi connectivity index (χ0v) is 18.6. The topological polar surface area (TPSA) is 43.9 Å². The molecule has 0 bridgehead atoms. The second-order valence-electron chi connectivity index (χ2n) is 7.55. The molecule has 2 saturated heterocycles. The van der Waals surface area contributed by atoms with E-state index in [1.54, 1.807) is 11.3 Å². The molecular formula is C21H24BrN3O2S. The number of imide groups is 1. The number of para-hydroxylation sites is 1. The van der Waals surface area contributed by atoms with Gasteiger partial charge >= 0.3 is 0 Å². The van der Waals surface area contributed by atoms with Gasteiger partial charge in [-0.3, -0.25) is 19.4 Å². The summed E-state index contributed by atoms with van der Waals surface area (Å²) in [7, 11) is 0. The summed E-state index contributed by atoms with van der Waals surface area (Å²) < 4.78 is 1.16. The third-order valence-corrected chi connectivity index (χ3v) is 7.25. The quantitative estimate of drug-likeness (QED) is 0.652. The second-order valence-corrected chi connectivity index (χ2v) is 10.1. The fourth-order valence-corrected chi connectivity index (χ4v) is 5.71. The molecule has 2 aliphatic rings. The molecule has 2 amide bonds. The number of hydrogen-bond acceptors (Lipinski definition) is 5. The number of thiophene rings is 1. The number of anilines is 1. The highest BCUT2D eigenvalue weighted by Crippen LogP contribution is 2.31. The Morgan fingerprint density at radius 2 is 1.71 bits per heavy atom. The van der Waals surface area contributed by atoms with E-state index in [1.807, 2.05) is 32.0 Å². The lowest BCUT2D eigenvalue weighted by Crippen LogP contribution is -2.52. The maximum atomic E-state index is 13.1. The fourth-order valence-electron chi connectivity index (χ4n) is 4.18. The van der Waals surface area contributed by atoms with Crippen molar-refractivity contribution in [3.05, 3.63) is 50.1 Å². The van der Waals surface area contributed by atoms with Crippen molar-refractivity contribution in [2.75, 3.05) is 31.1 Å². The first-order chi connectivity index (χ1) is 13.4. The van der Waals surface area contributed by atoms with Crippen LogP contribution in [0.25, 0.3) is 0 Å². The minimum absolute atomic E-state index is 0.0713. The summed E-state index contributed by atoms with van der Waals surface area (Å²) in [6, 6.07) is 9.78. The summed E-state index contributed by atoms with van der Waals surface area (Å²) in [6.07, 6.45) is 0.282. The Morgan fingerprint density at radius 3 is 2.32 bits per heavy atom. The summed E-state index contributed by atoms with van der Waals surface area (Å²) in [5.41, 5.74) is 2.70. The van der Waals surface area contributed by atoms with Crippen LogP contribution in [0, 0.1) is 13.8 Å². The molecular weight excluding hydrogens is 438 g/mol. The number of nitrogens with zero attached hydrogens (tertiary/aromatic N) is 3. The maximum absolute atomic E-state index is 13.1. The largest absolute Gasteiger partial charge is 0.296 e. The SMILES string of the molecule is Cc1cccc(C)c1N1C(=O)C[C@@H](N2CCN(Cc3ccc(Br)s3)CC2)C1=O. The number of carbonyl (C=O) groups excluding carboxylic acids is 2. The summed E-state index contributed by atoms with van der Waals surface area (Å²) in [5.74, 6) is -0.156. The van der Waals surface area contributed by atoms with Crippen LogP contribution in [0.3, 0.4) is 0 Å². The predicted octanol–water partition coefficient (Wildman–Crippen LogP) is 3.58. The summed E-state index contributed by atoms with van der Waals surface area (Å²) in [5, 5.41) is 0. The number of hydrogen-bond donors (Lipinski definition) is 0. The van der Waals surface area contributed by atoms with Gasteiger partial charge in [0.1, 0.15) is 0 Å². The zero-order valence-electron chi connectivity index (χ0n) is 16.2. The average molecular weight is 462 g/mol. The average Bonchev–Trinajstić information content (AvgIpc) is 3.19. The van der Waals surface area contributed by atoms with E-state index in [0.717, 1.165) is 53.3 Å². The third kappa shape index (κ3) is 3.81. The lowest BCUT2D eigenvalue weighted by Gasteiger charge is -2.36. The van der Waals surface area contributed by atoms with E-state index in [4.69, 9.17) is 0 Å². The molecule has 5 nitrogen and oxygen atoms in total. The van der Waals surface area contributed by atoms with Gasteiger partial charge in [0.2, 0.25) is 5.91 Å². The number of amides is 2. The van der Waals surface area contributed by atoms with Crippen molar-refractivity contribution >= 4 is 44.8 Å². The van der Waals surface area contributed by atoms with Gasteiger partial charge in [0.05, 0.1) is 21.9 Å². The van der Waals surface area contributed by atoms with Crippen LogP contribution in [-0.4, -0.2) is 53.8 Å². The Labute approximate surface area is 178 Å². The van der Waals surface area contributed by atoms with Crippen LogP contribution in [-0.2, 0) is 16.1 Å². The minimum Gasteiger partial charge on any atom is -0.296 e. The normalized spacial score (nSPS) is 21.7. The van der Waals surface area contributed by atoms with E-state index < -0.39 is 0 Å². The van der Waals surface area contributed by atoms with Gasteiger partial charge in [-0.05, 0) is 53.0 Å². The summed E-state index contributed by atoms with van der Waals surface area (Å²) in [4.78, 5) is 33.2. The molecule has 0 aliphatic carbocycles. The van der Waals surface area contributed by atoms with Gasteiger partial charge in [0.15, 0.2) is 0 Å². The van der Waals surface area contributed by atoms with Gasteiger partial charge in [0, 0.05) is 37.6 Å². The Hall–Kier alpha value is -1.54. The molecule has 1 atom stereocenters. The maximum Gasteiger partial charge on any atom is 0.251 e. The number of benzene rings is 1. The highest BCUT2D eigenvalue weighted by Gasteiger charge is 2.44. The monoisotopic (exact) mass is 461 g/mol. The molecule has 1 aromatic carbocycles. The highest BCUT2D eigenvalue weighted by molar-refractivity contribution is 9.11. The van der Waals surface area contributed by atoms with Crippen LogP contribution in [0.4, 0.5) is 5.69 Å². The van der Waals surface area contributed by atoms with Crippen molar-refractivity contribution in [3.63, 3.8) is 0 Å². The fraction of sp³-hybridized carbons (Fsp3) is 0.429. The number of aryl methyl sites for hydroxylation is 2. The van der Waals surface area contributed by atoms with Crippen molar-refractivity contribution < 1.29 is 9.59 Å². The molecule has 1 aromatic heterocycles. The molecule has 2 aliphatic heterocycles. The lowest BCUT2D eigenvalue weighted by atomic mass is 10.1. The van der Waals surface area contributed by atoms with Crippen LogP contribution in [0.2, 0.25) is 0 Å². The van der Waals surface area contributed by atoms with E-state index in [1.165, 1.54) is 9.78 Å². The Bertz CT molecular complexity index is 885. The van der Waals surface area contributed by atoms with E-state index in [-0.39, 0.29) is 24.3 Å². The van der Waals surface area contributed by atoms with E-state index in [2.05, 4.69) is 37.9 Å². The van der Waals surface area contributed by atoms with Crippen molar-refractivity contribution in [2.45, 2.75) is 32.9 Å². The van der Waals surface area contributed by atoms with Gasteiger partial charge in [-0.25, -0.2) is 4.90 Å². The van der Waals surface area contributed by atoms with E-state index in [0.29, 0.717) is 0 Å². The Morgan fingerprint density at radius 1 is 1.04 bits per heavy atom. The van der Waals surface area contributed by atoms with Crippen molar-refractivity contribution in [3.8, 4) is 0 Å². The number of halogens is 1. The molecule has 0 radical (unpaired) electrons. The van der Waals surface area contributed by atoms with Gasteiger partial charge in [-0.1, -0.05) is 18.2 Å². The minimum atomic E-state index is -0.329. The molecule has 2 fully saturated rings. The molecule has 148 valence electrons. The number of rotatable bonds is 4. The molecule has 0 saturated carbocycles. The lowest BCUT2D eigenvalue weighted by molar-refractivity contribution is -0.123. The van der Waals surface area contributed by atoms with Crippen LogP contribution < -0.4 is 4.90 Å². The van der Waals surface area contributed by atoms with Crippen LogP contribution in [0.1, 0.15) is 22.4 Å². The molecule has 3 heterocycles. The highest BCUT2D eigenvalue weighted by atomic mass is 79.9. The molecule has 7 heteroatoms. The first-order valence-corrected chi connectivity index (χ1v) is 11.2. The Kier molecular flexibility index (Phi) is 5.69. The number of piperazine rings is 1. The van der Waals surface area contributed by atoms with Gasteiger partial charge in [-0.2, -0.15) is 0 Å². The van der Waals surface area contributed by atoms with E-state index in [9.17, 15) is 9.59 Å². The van der Waals surface area contributed by atoms with Gasteiger partial charge in [-0.15, -0.1) is 11.3 Å². The van der Waals surface area contributed by atoms with Crippen LogP contribution in [0.5, 0.6) is 0 Å². The molecule has 0 unspecified atom stereocenters. The van der Waals surface area contributed by atoms with E-state index >= 15 is 0 Å².